The van der Waals surface area contributed by atoms with Gasteiger partial charge in [0.05, 0.1) is 5.60 Å². The van der Waals surface area contributed by atoms with Crippen molar-refractivity contribution in [3.63, 3.8) is 0 Å². The molecule has 0 aromatic heterocycles. The Morgan fingerprint density at radius 2 is 2.04 bits per heavy atom. The average molecular weight is 330 g/mol. The van der Waals surface area contributed by atoms with Crippen LogP contribution in [0.15, 0.2) is 29.4 Å². The van der Waals surface area contributed by atoms with Crippen LogP contribution in [0.25, 0.3) is 0 Å². The van der Waals surface area contributed by atoms with E-state index >= 15 is 0 Å². The van der Waals surface area contributed by atoms with E-state index in [1.54, 1.807) is 0 Å². The smallest absolute Gasteiger partial charge is 0.129 e. The molecule has 132 valence electrons. The molecule has 4 heteroatoms. The maximum absolute atomic E-state index is 11.4. The lowest BCUT2D eigenvalue weighted by molar-refractivity contribution is -0.0959. The summed E-state index contributed by atoms with van der Waals surface area (Å²) < 4.78 is 0. The molecule has 2 aliphatic rings. The molecule has 2 aliphatic carbocycles. The van der Waals surface area contributed by atoms with Gasteiger partial charge in [0.25, 0.3) is 0 Å². The summed E-state index contributed by atoms with van der Waals surface area (Å²) in [7, 11) is 0. The number of fused-ring (bicyclic) bond motifs is 1. The Balaban J connectivity index is 1.72. The van der Waals surface area contributed by atoms with Gasteiger partial charge in [-0.05, 0) is 50.5 Å². The number of hydrogen-bond acceptors (Lipinski definition) is 4. The third-order valence-electron chi connectivity index (χ3n) is 6.42. The molecule has 0 amide bonds. The number of rotatable bonds is 5. The van der Waals surface area contributed by atoms with Crippen LogP contribution in [0.1, 0.15) is 56.1 Å². The topological polar surface area (TPSA) is 67.8 Å². The Morgan fingerprint density at radius 1 is 1.29 bits per heavy atom. The molecule has 1 aromatic rings. The summed E-state index contributed by atoms with van der Waals surface area (Å²) in [5, 5.41) is 15.5. The van der Waals surface area contributed by atoms with E-state index in [9.17, 15) is 5.11 Å². The molecular weight excluding hydrogens is 300 g/mol. The zero-order chi connectivity index (χ0) is 17.2. The summed E-state index contributed by atoms with van der Waals surface area (Å²) in [6, 6.07) is 8.79. The minimum atomic E-state index is -0.606. The minimum Gasteiger partial charge on any atom is -0.395 e. The first-order chi connectivity index (χ1) is 11.5. The van der Waals surface area contributed by atoms with Gasteiger partial charge in [0.1, 0.15) is 6.61 Å². The second-order valence-electron chi connectivity index (χ2n) is 7.82. The summed E-state index contributed by atoms with van der Waals surface area (Å²) in [5.74, 6) is 0.729. The highest BCUT2D eigenvalue weighted by Crippen LogP contribution is 2.60. The largest absolute Gasteiger partial charge is 0.395 e. The van der Waals surface area contributed by atoms with Crippen LogP contribution < -0.4 is 5.73 Å². The van der Waals surface area contributed by atoms with Crippen LogP contribution in [-0.4, -0.2) is 30.1 Å². The molecular formula is C20H30N2O2. The average Bonchev–Trinajstić information content (AvgIpc) is 2.83. The molecule has 1 aromatic carbocycles. The van der Waals surface area contributed by atoms with Crippen molar-refractivity contribution in [2.45, 2.75) is 57.5 Å². The molecule has 0 bridgehead atoms. The predicted octanol–water partition coefficient (Wildman–Crippen LogP) is 3.37. The van der Waals surface area contributed by atoms with Crippen molar-refractivity contribution in [3.05, 3.63) is 35.4 Å². The third kappa shape index (κ3) is 3.09. The Labute approximate surface area is 145 Å². The van der Waals surface area contributed by atoms with Gasteiger partial charge in [-0.1, -0.05) is 41.9 Å². The Kier molecular flexibility index (Phi) is 4.97. The highest BCUT2D eigenvalue weighted by atomic mass is 16.6. The summed E-state index contributed by atoms with van der Waals surface area (Å²) in [6.45, 7) is 5.26. The van der Waals surface area contributed by atoms with Crippen molar-refractivity contribution in [3.8, 4) is 0 Å². The van der Waals surface area contributed by atoms with Crippen molar-refractivity contribution in [2.75, 3.05) is 13.2 Å². The molecule has 0 aliphatic heterocycles. The van der Waals surface area contributed by atoms with E-state index in [2.05, 4.69) is 43.3 Å². The van der Waals surface area contributed by atoms with Crippen molar-refractivity contribution < 1.29 is 9.94 Å². The van der Waals surface area contributed by atoms with Gasteiger partial charge < -0.3 is 15.7 Å². The van der Waals surface area contributed by atoms with E-state index in [-0.39, 0.29) is 11.3 Å². The lowest BCUT2D eigenvalue weighted by atomic mass is 9.59. The number of nitrogens with zero attached hydrogens (tertiary/aromatic N) is 1. The van der Waals surface area contributed by atoms with Gasteiger partial charge >= 0.3 is 0 Å². The Hall–Kier alpha value is -1.39. The molecule has 4 atom stereocenters. The molecule has 0 saturated heterocycles. The maximum atomic E-state index is 11.4. The SMILES string of the molecule is Cc1ccc([C@H]2CC[C@]3(C)[C@@H](/C=N/OCCN)CC[C@]3(O)C2)cc1. The molecule has 0 radical (unpaired) electrons. The fourth-order valence-corrected chi connectivity index (χ4v) is 4.66. The van der Waals surface area contributed by atoms with Crippen LogP contribution >= 0.6 is 0 Å². The standard InChI is InChI=1S/C20H30N2O2/c1-15-3-5-16(6-4-15)17-7-9-19(2)18(14-22-24-12-11-21)8-10-20(19,23)13-17/h3-6,14,17-18,23H,7-13,21H2,1-2H3/b22-14+/t17-,18+,19+,20-/m0/s1. The quantitative estimate of drug-likeness (QED) is 0.494. The fraction of sp³-hybridized carbons (Fsp3) is 0.650. The molecule has 2 fully saturated rings. The van der Waals surface area contributed by atoms with Crippen LogP contribution in [0, 0.1) is 18.3 Å². The van der Waals surface area contributed by atoms with E-state index < -0.39 is 5.60 Å². The molecule has 24 heavy (non-hydrogen) atoms. The van der Waals surface area contributed by atoms with E-state index in [1.165, 1.54) is 11.1 Å². The van der Waals surface area contributed by atoms with Crippen LogP contribution in [0.2, 0.25) is 0 Å². The third-order valence-corrected chi connectivity index (χ3v) is 6.42. The monoisotopic (exact) mass is 330 g/mol. The first-order valence-electron chi connectivity index (χ1n) is 9.13. The molecule has 0 unspecified atom stereocenters. The first-order valence-corrected chi connectivity index (χ1v) is 9.13. The van der Waals surface area contributed by atoms with Gasteiger partial charge in [-0.15, -0.1) is 0 Å². The molecule has 0 spiro atoms. The lowest BCUT2D eigenvalue weighted by Gasteiger charge is -2.48. The second-order valence-corrected chi connectivity index (χ2v) is 7.82. The molecule has 4 nitrogen and oxygen atoms in total. The molecule has 0 heterocycles. The number of oxime groups is 1. The lowest BCUT2D eigenvalue weighted by Crippen LogP contribution is -2.49. The predicted molar refractivity (Wildman–Crippen MR) is 97.1 cm³/mol. The summed E-state index contributed by atoms with van der Waals surface area (Å²) in [5.41, 5.74) is 7.35. The number of aryl methyl sites for hydroxylation is 1. The van der Waals surface area contributed by atoms with Crippen molar-refractivity contribution in [1.29, 1.82) is 0 Å². The van der Waals surface area contributed by atoms with E-state index in [0.717, 1.165) is 32.1 Å². The van der Waals surface area contributed by atoms with Crippen LogP contribution in [0.4, 0.5) is 0 Å². The molecule has 3 rings (SSSR count). The number of nitrogens with two attached hydrogens (primary N) is 1. The van der Waals surface area contributed by atoms with Gasteiger partial charge in [-0.3, -0.25) is 0 Å². The zero-order valence-electron chi connectivity index (χ0n) is 14.9. The van der Waals surface area contributed by atoms with E-state index in [0.29, 0.717) is 19.1 Å². The number of benzene rings is 1. The van der Waals surface area contributed by atoms with Crippen molar-refractivity contribution in [2.24, 2.45) is 22.2 Å². The summed E-state index contributed by atoms with van der Waals surface area (Å²) in [4.78, 5) is 5.17. The highest BCUT2D eigenvalue weighted by Gasteiger charge is 2.58. The van der Waals surface area contributed by atoms with Gasteiger partial charge in [-0.2, -0.15) is 0 Å². The maximum Gasteiger partial charge on any atom is 0.129 e. The first kappa shape index (κ1) is 17.4. The normalized spacial score (nSPS) is 36.0. The zero-order valence-corrected chi connectivity index (χ0v) is 14.9. The number of aliphatic hydroxyl groups is 1. The minimum absolute atomic E-state index is 0.107. The summed E-state index contributed by atoms with van der Waals surface area (Å²) >= 11 is 0. The molecule has 2 saturated carbocycles. The highest BCUT2D eigenvalue weighted by molar-refractivity contribution is 5.62. The van der Waals surface area contributed by atoms with Gasteiger partial charge in [0, 0.05) is 24.1 Å². The van der Waals surface area contributed by atoms with Crippen LogP contribution in [0.5, 0.6) is 0 Å². The van der Waals surface area contributed by atoms with Crippen molar-refractivity contribution in [1.82, 2.24) is 0 Å². The fourth-order valence-electron chi connectivity index (χ4n) is 4.66. The Morgan fingerprint density at radius 3 is 2.75 bits per heavy atom. The van der Waals surface area contributed by atoms with Gasteiger partial charge in [0.2, 0.25) is 0 Å². The van der Waals surface area contributed by atoms with Crippen molar-refractivity contribution >= 4 is 6.21 Å². The van der Waals surface area contributed by atoms with Gasteiger partial charge in [0.15, 0.2) is 0 Å². The van der Waals surface area contributed by atoms with Gasteiger partial charge in [-0.25, -0.2) is 0 Å². The van der Waals surface area contributed by atoms with E-state index in [4.69, 9.17) is 10.6 Å². The molecule has 3 N–H and O–H groups in total. The van der Waals surface area contributed by atoms with Crippen LogP contribution in [-0.2, 0) is 4.84 Å². The van der Waals surface area contributed by atoms with Crippen LogP contribution in [0.3, 0.4) is 0 Å². The number of hydrogen-bond donors (Lipinski definition) is 2. The van der Waals surface area contributed by atoms with E-state index in [1.807, 2.05) is 6.21 Å². The summed E-state index contributed by atoms with van der Waals surface area (Å²) in [6.07, 6.45) is 6.72. The second kappa shape index (κ2) is 6.85. The Bertz CT molecular complexity index is 586.